The van der Waals surface area contributed by atoms with Gasteiger partial charge in [-0.15, -0.1) is 11.3 Å². The summed E-state index contributed by atoms with van der Waals surface area (Å²) in [4.78, 5) is 16.1. The molecule has 0 bridgehead atoms. The third-order valence-electron chi connectivity index (χ3n) is 4.51. The highest BCUT2D eigenvalue weighted by Gasteiger charge is 2.30. The molecule has 1 fully saturated rings. The smallest absolute Gasteiger partial charge is 0.239 e. The molecule has 0 aliphatic heterocycles. The summed E-state index contributed by atoms with van der Waals surface area (Å²) in [6, 6.07) is 16.8. The molecule has 26 heavy (non-hydrogen) atoms. The number of hydrogen-bond donors (Lipinski definition) is 1. The van der Waals surface area contributed by atoms with Gasteiger partial charge < -0.3 is 5.32 Å². The molecule has 1 aromatic carbocycles. The molecule has 1 saturated carbocycles. The fourth-order valence-corrected chi connectivity index (χ4v) is 3.74. The molecule has 0 atom stereocenters. The van der Waals surface area contributed by atoms with E-state index in [1.165, 1.54) is 23.3 Å². The van der Waals surface area contributed by atoms with E-state index in [-0.39, 0.29) is 5.91 Å². The van der Waals surface area contributed by atoms with E-state index in [2.05, 4.69) is 33.5 Å². The zero-order valence-corrected chi connectivity index (χ0v) is 15.4. The van der Waals surface area contributed by atoms with Crippen LogP contribution in [0.25, 0.3) is 0 Å². The van der Waals surface area contributed by atoms with Crippen molar-refractivity contribution in [2.45, 2.75) is 32.0 Å². The lowest BCUT2D eigenvalue weighted by molar-refractivity contribution is -0.117. The second-order valence-corrected chi connectivity index (χ2v) is 7.66. The standard InChI is InChI=1S/C20H22N4OS/c25-20(15-23(17-8-9-17)13-16-5-2-1-3-6-16)22-19-10-11-21-24(19)14-18-7-4-12-26-18/h1-7,10-12,17H,8-9,13-15H2,(H,22,25). The number of amides is 1. The second kappa shape index (κ2) is 7.85. The minimum atomic E-state index is 0.0146. The van der Waals surface area contributed by atoms with Gasteiger partial charge in [-0.2, -0.15) is 5.10 Å². The first-order valence-electron chi connectivity index (χ1n) is 8.90. The number of carbonyl (C=O) groups is 1. The molecule has 1 aliphatic carbocycles. The van der Waals surface area contributed by atoms with Gasteiger partial charge in [0.25, 0.3) is 0 Å². The number of nitrogens with zero attached hydrogens (tertiary/aromatic N) is 3. The minimum Gasteiger partial charge on any atom is -0.310 e. The van der Waals surface area contributed by atoms with Gasteiger partial charge in [0, 0.05) is 23.5 Å². The van der Waals surface area contributed by atoms with E-state index in [4.69, 9.17) is 0 Å². The van der Waals surface area contributed by atoms with Crippen molar-refractivity contribution < 1.29 is 4.79 Å². The summed E-state index contributed by atoms with van der Waals surface area (Å²) in [6.07, 6.45) is 4.08. The topological polar surface area (TPSA) is 50.2 Å². The van der Waals surface area contributed by atoms with E-state index in [1.807, 2.05) is 40.4 Å². The number of aromatic nitrogens is 2. The Kier molecular flexibility index (Phi) is 5.13. The Bertz CT molecular complexity index is 840. The Labute approximate surface area is 157 Å². The van der Waals surface area contributed by atoms with Crippen LogP contribution < -0.4 is 5.32 Å². The van der Waals surface area contributed by atoms with Crippen LogP contribution in [0, 0.1) is 0 Å². The molecular weight excluding hydrogens is 344 g/mol. The fraction of sp³-hybridized carbons (Fsp3) is 0.300. The van der Waals surface area contributed by atoms with Crippen molar-refractivity contribution in [3.63, 3.8) is 0 Å². The molecule has 2 heterocycles. The van der Waals surface area contributed by atoms with E-state index >= 15 is 0 Å². The molecule has 0 radical (unpaired) electrons. The van der Waals surface area contributed by atoms with Gasteiger partial charge in [0.1, 0.15) is 5.82 Å². The summed E-state index contributed by atoms with van der Waals surface area (Å²) in [6.45, 7) is 1.90. The van der Waals surface area contributed by atoms with E-state index in [0.29, 0.717) is 19.1 Å². The normalized spacial score (nSPS) is 13.9. The van der Waals surface area contributed by atoms with Crippen molar-refractivity contribution in [1.82, 2.24) is 14.7 Å². The molecule has 3 aromatic rings. The first kappa shape index (κ1) is 17.0. The third-order valence-corrected chi connectivity index (χ3v) is 5.37. The van der Waals surface area contributed by atoms with Crippen LogP contribution in [-0.4, -0.2) is 33.2 Å². The maximum atomic E-state index is 12.6. The molecule has 4 rings (SSSR count). The highest BCUT2D eigenvalue weighted by molar-refractivity contribution is 7.09. The largest absolute Gasteiger partial charge is 0.310 e. The van der Waals surface area contributed by atoms with Crippen molar-refractivity contribution in [3.05, 3.63) is 70.5 Å². The van der Waals surface area contributed by atoms with Crippen LogP contribution in [0.3, 0.4) is 0 Å². The number of carbonyl (C=O) groups excluding carboxylic acids is 1. The molecule has 1 amide bonds. The Morgan fingerprint density at radius 3 is 2.77 bits per heavy atom. The van der Waals surface area contributed by atoms with Crippen LogP contribution in [0.15, 0.2) is 60.1 Å². The van der Waals surface area contributed by atoms with Crippen LogP contribution in [0.4, 0.5) is 5.82 Å². The van der Waals surface area contributed by atoms with Crippen molar-refractivity contribution in [2.24, 2.45) is 0 Å². The van der Waals surface area contributed by atoms with Gasteiger partial charge in [0.15, 0.2) is 0 Å². The summed E-state index contributed by atoms with van der Waals surface area (Å²) in [5.74, 6) is 0.764. The van der Waals surface area contributed by atoms with Crippen molar-refractivity contribution in [3.8, 4) is 0 Å². The minimum absolute atomic E-state index is 0.0146. The fourth-order valence-electron chi connectivity index (χ4n) is 3.05. The number of rotatable bonds is 8. The summed E-state index contributed by atoms with van der Waals surface area (Å²) < 4.78 is 1.84. The first-order valence-corrected chi connectivity index (χ1v) is 9.78. The number of benzene rings is 1. The van der Waals surface area contributed by atoms with Gasteiger partial charge in [-0.3, -0.25) is 9.69 Å². The van der Waals surface area contributed by atoms with Crippen LogP contribution in [0.5, 0.6) is 0 Å². The lowest BCUT2D eigenvalue weighted by Crippen LogP contribution is -2.35. The number of anilines is 1. The molecule has 0 saturated heterocycles. The van der Waals surface area contributed by atoms with Gasteiger partial charge in [-0.25, -0.2) is 4.68 Å². The van der Waals surface area contributed by atoms with Crippen LogP contribution in [0.2, 0.25) is 0 Å². The second-order valence-electron chi connectivity index (χ2n) is 6.62. The maximum Gasteiger partial charge on any atom is 0.239 e. The van der Waals surface area contributed by atoms with Crippen molar-refractivity contribution in [1.29, 1.82) is 0 Å². The van der Waals surface area contributed by atoms with Crippen LogP contribution in [-0.2, 0) is 17.9 Å². The Morgan fingerprint density at radius 2 is 2.04 bits per heavy atom. The highest BCUT2D eigenvalue weighted by Crippen LogP contribution is 2.28. The first-order chi connectivity index (χ1) is 12.8. The van der Waals surface area contributed by atoms with E-state index in [1.54, 1.807) is 17.5 Å². The summed E-state index contributed by atoms with van der Waals surface area (Å²) in [7, 11) is 0. The number of thiophene rings is 1. The summed E-state index contributed by atoms with van der Waals surface area (Å²) >= 11 is 1.69. The zero-order chi connectivity index (χ0) is 17.8. The number of nitrogens with one attached hydrogen (secondary N) is 1. The molecule has 1 N–H and O–H groups in total. The van der Waals surface area contributed by atoms with Crippen molar-refractivity contribution in [2.75, 3.05) is 11.9 Å². The van der Waals surface area contributed by atoms with Gasteiger partial charge in [-0.1, -0.05) is 36.4 Å². The molecule has 134 valence electrons. The lowest BCUT2D eigenvalue weighted by Gasteiger charge is -2.21. The molecule has 0 spiro atoms. The SMILES string of the molecule is O=C(CN(Cc1ccccc1)C1CC1)Nc1ccnn1Cc1cccs1. The Morgan fingerprint density at radius 1 is 1.19 bits per heavy atom. The predicted octanol–water partition coefficient (Wildman–Crippen LogP) is 3.60. The molecule has 0 unspecified atom stereocenters. The summed E-state index contributed by atoms with van der Waals surface area (Å²) in [5.41, 5.74) is 1.25. The average molecular weight is 366 g/mol. The monoisotopic (exact) mass is 366 g/mol. The Balaban J connectivity index is 1.38. The van der Waals surface area contributed by atoms with E-state index in [9.17, 15) is 4.79 Å². The van der Waals surface area contributed by atoms with E-state index in [0.717, 1.165) is 12.4 Å². The average Bonchev–Trinajstić information content (AvgIpc) is 3.21. The van der Waals surface area contributed by atoms with Crippen LogP contribution in [0.1, 0.15) is 23.3 Å². The number of hydrogen-bond acceptors (Lipinski definition) is 4. The van der Waals surface area contributed by atoms with Gasteiger partial charge in [-0.05, 0) is 29.9 Å². The highest BCUT2D eigenvalue weighted by atomic mass is 32.1. The van der Waals surface area contributed by atoms with Crippen molar-refractivity contribution >= 4 is 23.1 Å². The summed E-state index contributed by atoms with van der Waals surface area (Å²) in [5, 5.41) is 9.41. The van der Waals surface area contributed by atoms with Gasteiger partial charge >= 0.3 is 0 Å². The molecule has 1 aliphatic rings. The quantitative estimate of drug-likeness (QED) is 0.663. The molecule has 2 aromatic heterocycles. The molecule has 5 nitrogen and oxygen atoms in total. The van der Waals surface area contributed by atoms with Gasteiger partial charge in [0.05, 0.1) is 19.3 Å². The lowest BCUT2D eigenvalue weighted by atomic mass is 10.2. The molecule has 6 heteroatoms. The molecular formula is C20H22N4OS. The zero-order valence-electron chi connectivity index (χ0n) is 14.5. The maximum absolute atomic E-state index is 12.6. The predicted molar refractivity (Wildman–Crippen MR) is 104 cm³/mol. The van der Waals surface area contributed by atoms with Gasteiger partial charge in [0.2, 0.25) is 5.91 Å². The Hall–Kier alpha value is -2.44. The van der Waals surface area contributed by atoms with E-state index < -0.39 is 0 Å². The third kappa shape index (κ3) is 4.39. The van der Waals surface area contributed by atoms with Crippen LogP contribution >= 0.6 is 11.3 Å².